The fourth-order valence-corrected chi connectivity index (χ4v) is 4.48. The maximum absolute atomic E-state index is 5.39. The van der Waals surface area contributed by atoms with Crippen molar-refractivity contribution in [3.05, 3.63) is 59.9 Å². The van der Waals surface area contributed by atoms with Gasteiger partial charge in [-0.1, -0.05) is 35.6 Å². The fraction of sp³-hybridized carbons (Fsp3) is 0.348. The molecule has 0 unspecified atom stereocenters. The maximum atomic E-state index is 5.39. The molecule has 4 aromatic rings. The number of morpholine rings is 1. The molecule has 4 heterocycles. The van der Waals surface area contributed by atoms with Gasteiger partial charge in [0.25, 0.3) is 0 Å². The molecule has 1 fully saturated rings. The minimum absolute atomic E-state index is 0.750. The van der Waals surface area contributed by atoms with Gasteiger partial charge in [0, 0.05) is 44.5 Å². The molecule has 0 bridgehead atoms. The van der Waals surface area contributed by atoms with Gasteiger partial charge in [-0.05, 0) is 30.2 Å². The fourth-order valence-electron chi connectivity index (χ4n) is 3.71. The van der Waals surface area contributed by atoms with E-state index in [1.807, 2.05) is 29.0 Å². The quantitative estimate of drug-likeness (QED) is 0.426. The summed E-state index contributed by atoms with van der Waals surface area (Å²) in [5, 5.41) is 12.3. The molecule has 166 valence electrons. The lowest BCUT2D eigenvalue weighted by atomic mass is 10.1. The van der Waals surface area contributed by atoms with Crippen LogP contribution < -0.4 is 10.6 Å². The first-order valence-corrected chi connectivity index (χ1v) is 11.7. The van der Waals surface area contributed by atoms with E-state index in [2.05, 4.69) is 56.8 Å². The van der Waals surface area contributed by atoms with Crippen LogP contribution in [0.3, 0.4) is 0 Å². The Hall–Kier alpha value is -3.01. The van der Waals surface area contributed by atoms with Crippen LogP contribution >= 0.6 is 11.3 Å². The first kappa shape index (κ1) is 20.9. The van der Waals surface area contributed by atoms with Crippen LogP contribution in [-0.2, 0) is 11.3 Å². The molecule has 0 radical (unpaired) electrons. The van der Waals surface area contributed by atoms with Gasteiger partial charge in [0.2, 0.25) is 10.1 Å². The number of benzene rings is 1. The number of anilines is 2. The Morgan fingerprint density at radius 3 is 2.75 bits per heavy atom. The molecule has 9 heteroatoms. The Balaban J connectivity index is 1.17. The molecule has 32 heavy (non-hydrogen) atoms. The van der Waals surface area contributed by atoms with E-state index in [-0.39, 0.29) is 0 Å². The predicted octanol–water partition coefficient (Wildman–Crippen LogP) is 3.52. The Morgan fingerprint density at radius 2 is 1.97 bits per heavy atom. The molecule has 8 nitrogen and oxygen atoms in total. The van der Waals surface area contributed by atoms with E-state index >= 15 is 0 Å². The molecule has 0 amide bonds. The molecule has 1 aliphatic rings. The third kappa shape index (κ3) is 4.90. The number of aryl methyl sites for hydroxylation is 1. The second-order valence-corrected chi connectivity index (χ2v) is 8.81. The Kier molecular flexibility index (Phi) is 6.29. The largest absolute Gasteiger partial charge is 0.379 e. The van der Waals surface area contributed by atoms with Crippen molar-refractivity contribution in [3.63, 3.8) is 0 Å². The van der Waals surface area contributed by atoms with Crippen molar-refractivity contribution < 1.29 is 4.74 Å². The summed E-state index contributed by atoms with van der Waals surface area (Å²) in [6.45, 7) is 8.40. The topological polar surface area (TPSA) is 79.6 Å². The predicted molar refractivity (Wildman–Crippen MR) is 128 cm³/mol. The number of imidazole rings is 1. The zero-order valence-electron chi connectivity index (χ0n) is 18.1. The molecule has 2 N–H and O–H groups in total. The molecule has 1 saturated heterocycles. The van der Waals surface area contributed by atoms with Crippen LogP contribution in [0.5, 0.6) is 0 Å². The number of pyridine rings is 1. The third-order valence-corrected chi connectivity index (χ3v) is 6.51. The first-order chi connectivity index (χ1) is 15.7. The van der Waals surface area contributed by atoms with E-state index in [0.29, 0.717) is 0 Å². The Morgan fingerprint density at radius 1 is 1.09 bits per heavy atom. The van der Waals surface area contributed by atoms with Crippen molar-refractivity contribution in [2.75, 3.05) is 50.0 Å². The zero-order valence-corrected chi connectivity index (χ0v) is 18.9. The number of fused-ring (bicyclic) bond motifs is 1. The summed E-state index contributed by atoms with van der Waals surface area (Å²) in [7, 11) is 0. The van der Waals surface area contributed by atoms with Crippen LogP contribution in [0.4, 0.5) is 10.9 Å². The summed E-state index contributed by atoms with van der Waals surface area (Å²) < 4.78 is 7.22. The smallest absolute Gasteiger partial charge is 0.214 e. The summed E-state index contributed by atoms with van der Waals surface area (Å²) in [5.41, 5.74) is 4.40. The van der Waals surface area contributed by atoms with E-state index in [9.17, 15) is 0 Å². The Bertz CT molecular complexity index is 1130. The molecular formula is C23H27N7OS. The minimum Gasteiger partial charge on any atom is -0.379 e. The van der Waals surface area contributed by atoms with E-state index in [1.54, 1.807) is 11.3 Å². The van der Waals surface area contributed by atoms with Gasteiger partial charge in [0.05, 0.1) is 25.1 Å². The van der Waals surface area contributed by atoms with Crippen LogP contribution in [0, 0.1) is 6.92 Å². The molecule has 1 aromatic carbocycles. The lowest BCUT2D eigenvalue weighted by Crippen LogP contribution is -2.39. The Labute approximate surface area is 191 Å². The summed E-state index contributed by atoms with van der Waals surface area (Å²) >= 11 is 1.55. The van der Waals surface area contributed by atoms with E-state index in [4.69, 9.17) is 9.72 Å². The molecule has 5 rings (SSSR count). The van der Waals surface area contributed by atoms with Crippen molar-refractivity contribution in [3.8, 4) is 11.3 Å². The number of nitrogens with zero attached hydrogens (tertiary/aromatic N) is 5. The van der Waals surface area contributed by atoms with E-state index in [0.717, 1.165) is 73.1 Å². The summed E-state index contributed by atoms with van der Waals surface area (Å²) in [6.07, 6.45) is 3.81. The monoisotopic (exact) mass is 449 g/mol. The second kappa shape index (κ2) is 9.64. The van der Waals surface area contributed by atoms with Crippen molar-refractivity contribution >= 4 is 27.2 Å². The highest BCUT2D eigenvalue weighted by molar-refractivity contribution is 7.20. The molecular weight excluding hydrogens is 422 g/mol. The number of ether oxygens (including phenoxy) is 1. The first-order valence-electron chi connectivity index (χ1n) is 10.9. The minimum atomic E-state index is 0.750. The normalized spacial score (nSPS) is 14.7. The van der Waals surface area contributed by atoms with E-state index < -0.39 is 0 Å². The maximum Gasteiger partial charge on any atom is 0.214 e. The molecule has 1 aliphatic heterocycles. The van der Waals surface area contributed by atoms with Crippen LogP contribution in [0.15, 0.2) is 48.8 Å². The van der Waals surface area contributed by atoms with Crippen LogP contribution in [-0.4, -0.2) is 63.9 Å². The van der Waals surface area contributed by atoms with Crippen molar-refractivity contribution in [1.82, 2.24) is 24.5 Å². The number of nitrogens with one attached hydrogen (secondary N) is 2. The lowest BCUT2D eigenvalue weighted by molar-refractivity contribution is 0.0398. The van der Waals surface area contributed by atoms with E-state index in [1.165, 1.54) is 11.1 Å². The van der Waals surface area contributed by atoms with Gasteiger partial charge in [-0.2, -0.15) is 0 Å². The highest BCUT2D eigenvalue weighted by atomic mass is 32.1. The van der Waals surface area contributed by atoms with Crippen molar-refractivity contribution in [1.29, 1.82) is 0 Å². The highest BCUT2D eigenvalue weighted by Crippen LogP contribution is 2.25. The van der Waals surface area contributed by atoms with Gasteiger partial charge in [-0.15, -0.1) is 5.10 Å². The number of aromatic nitrogens is 4. The van der Waals surface area contributed by atoms with Gasteiger partial charge in [-0.3, -0.25) is 4.90 Å². The molecule has 0 atom stereocenters. The molecule has 0 aliphatic carbocycles. The highest BCUT2D eigenvalue weighted by Gasteiger charge is 2.11. The number of hydrogen-bond donors (Lipinski definition) is 2. The third-order valence-electron chi connectivity index (χ3n) is 5.63. The average Bonchev–Trinajstić information content (AvgIpc) is 3.39. The van der Waals surface area contributed by atoms with Crippen LogP contribution in [0.2, 0.25) is 0 Å². The van der Waals surface area contributed by atoms with Gasteiger partial charge < -0.3 is 15.4 Å². The zero-order chi connectivity index (χ0) is 21.8. The number of rotatable bonds is 8. The average molecular weight is 450 g/mol. The van der Waals surface area contributed by atoms with Crippen LogP contribution in [0.1, 0.15) is 11.1 Å². The standard InChI is InChI=1S/C23H27N7OS/c1-17-4-2-3-5-18(17)14-26-22-28-30-16-20(27-23(30)32-22)19-6-7-21(25-15-19)24-8-9-29-10-12-31-13-11-29/h2-7,15-16H,8-14H2,1H3,(H,24,25)(H,26,28). The van der Waals surface area contributed by atoms with Gasteiger partial charge in [-0.25, -0.2) is 14.5 Å². The SMILES string of the molecule is Cc1ccccc1CNc1nn2cc(-c3ccc(NCCN4CCOCC4)nc3)nc2s1. The lowest BCUT2D eigenvalue weighted by Gasteiger charge is -2.26. The summed E-state index contributed by atoms with van der Waals surface area (Å²) in [6, 6.07) is 12.4. The van der Waals surface area contributed by atoms with Crippen LogP contribution in [0.25, 0.3) is 16.2 Å². The molecule has 0 spiro atoms. The number of hydrogen-bond acceptors (Lipinski definition) is 8. The van der Waals surface area contributed by atoms with Gasteiger partial charge >= 0.3 is 0 Å². The van der Waals surface area contributed by atoms with Gasteiger partial charge in [0.1, 0.15) is 5.82 Å². The molecule has 0 saturated carbocycles. The van der Waals surface area contributed by atoms with Crippen molar-refractivity contribution in [2.45, 2.75) is 13.5 Å². The van der Waals surface area contributed by atoms with Gasteiger partial charge in [0.15, 0.2) is 0 Å². The summed E-state index contributed by atoms with van der Waals surface area (Å²) in [4.78, 5) is 12.5. The second-order valence-electron chi connectivity index (χ2n) is 7.85. The van der Waals surface area contributed by atoms with Crippen molar-refractivity contribution in [2.24, 2.45) is 0 Å². The summed E-state index contributed by atoms with van der Waals surface area (Å²) in [5.74, 6) is 0.879. The molecule has 3 aromatic heterocycles.